The van der Waals surface area contributed by atoms with Crippen LogP contribution in [0.4, 0.5) is 0 Å². The summed E-state index contributed by atoms with van der Waals surface area (Å²) in [5.41, 5.74) is 1.74. The van der Waals surface area contributed by atoms with Crippen LogP contribution in [-0.4, -0.2) is 28.5 Å². The highest BCUT2D eigenvalue weighted by atomic mass is 16.5. The van der Waals surface area contributed by atoms with Crippen LogP contribution in [0.1, 0.15) is 36.5 Å². The Labute approximate surface area is 112 Å². The van der Waals surface area contributed by atoms with Crippen LogP contribution in [-0.2, 0) is 4.74 Å². The fraction of sp³-hybridized carbons (Fsp3) is 0.467. The molecular formula is C15H18N2O2. The SMILES string of the molecule is CCOC1CC(CC(=O)c2c[nH]c3ccncc23)C1. The summed E-state index contributed by atoms with van der Waals surface area (Å²) in [4.78, 5) is 19.5. The van der Waals surface area contributed by atoms with Gasteiger partial charge in [-0.1, -0.05) is 0 Å². The van der Waals surface area contributed by atoms with Crippen molar-refractivity contribution in [2.45, 2.75) is 32.3 Å². The van der Waals surface area contributed by atoms with Gasteiger partial charge in [-0.05, 0) is 31.7 Å². The number of nitrogens with zero attached hydrogens (tertiary/aromatic N) is 1. The summed E-state index contributed by atoms with van der Waals surface area (Å²) < 4.78 is 5.52. The smallest absolute Gasteiger partial charge is 0.165 e. The van der Waals surface area contributed by atoms with Gasteiger partial charge in [0, 0.05) is 48.1 Å². The van der Waals surface area contributed by atoms with E-state index in [9.17, 15) is 4.79 Å². The van der Waals surface area contributed by atoms with Gasteiger partial charge in [-0.3, -0.25) is 9.78 Å². The summed E-state index contributed by atoms with van der Waals surface area (Å²) in [6.45, 7) is 2.77. The van der Waals surface area contributed by atoms with Crippen molar-refractivity contribution in [2.24, 2.45) is 5.92 Å². The number of carbonyl (C=O) groups excluding carboxylic acids is 1. The van der Waals surface area contributed by atoms with Crippen molar-refractivity contribution in [3.8, 4) is 0 Å². The van der Waals surface area contributed by atoms with Crippen LogP contribution in [0.3, 0.4) is 0 Å². The van der Waals surface area contributed by atoms with E-state index >= 15 is 0 Å². The van der Waals surface area contributed by atoms with Crippen molar-refractivity contribution in [1.29, 1.82) is 0 Å². The molecule has 0 aromatic carbocycles. The molecule has 1 aliphatic carbocycles. The quantitative estimate of drug-likeness (QED) is 0.839. The van der Waals surface area contributed by atoms with Gasteiger partial charge in [0.15, 0.2) is 5.78 Å². The Bertz CT molecular complexity index is 585. The van der Waals surface area contributed by atoms with Gasteiger partial charge in [-0.15, -0.1) is 0 Å². The molecule has 1 aliphatic rings. The third-order valence-electron chi connectivity index (χ3n) is 3.85. The highest BCUT2D eigenvalue weighted by Gasteiger charge is 2.31. The molecule has 0 spiro atoms. The zero-order valence-electron chi connectivity index (χ0n) is 11.1. The molecule has 0 radical (unpaired) electrons. The number of aromatic nitrogens is 2. The lowest BCUT2D eigenvalue weighted by Crippen LogP contribution is -2.32. The first-order chi connectivity index (χ1) is 9.28. The van der Waals surface area contributed by atoms with E-state index in [1.807, 2.05) is 13.0 Å². The van der Waals surface area contributed by atoms with Gasteiger partial charge in [0.05, 0.1) is 6.10 Å². The van der Waals surface area contributed by atoms with Crippen molar-refractivity contribution in [1.82, 2.24) is 9.97 Å². The Morgan fingerprint density at radius 3 is 3.16 bits per heavy atom. The van der Waals surface area contributed by atoms with Gasteiger partial charge in [0.1, 0.15) is 0 Å². The number of aromatic amines is 1. The fourth-order valence-electron chi connectivity index (χ4n) is 2.78. The maximum absolute atomic E-state index is 12.3. The third kappa shape index (κ3) is 2.40. The number of hydrogen-bond acceptors (Lipinski definition) is 3. The summed E-state index contributed by atoms with van der Waals surface area (Å²) in [5, 5.41) is 0.924. The van der Waals surface area contributed by atoms with Gasteiger partial charge in [-0.25, -0.2) is 0 Å². The number of fused-ring (bicyclic) bond motifs is 1. The molecule has 1 saturated carbocycles. The number of nitrogens with one attached hydrogen (secondary N) is 1. The topological polar surface area (TPSA) is 55.0 Å². The molecular weight excluding hydrogens is 240 g/mol. The fourth-order valence-corrected chi connectivity index (χ4v) is 2.78. The number of pyridine rings is 1. The summed E-state index contributed by atoms with van der Waals surface area (Å²) in [7, 11) is 0. The minimum absolute atomic E-state index is 0.208. The first kappa shape index (κ1) is 12.4. The molecule has 2 aromatic rings. The molecule has 0 saturated heterocycles. The molecule has 19 heavy (non-hydrogen) atoms. The Kier molecular flexibility index (Phi) is 3.34. The summed E-state index contributed by atoms with van der Waals surface area (Å²) in [6.07, 6.45) is 8.29. The van der Waals surface area contributed by atoms with Crippen molar-refractivity contribution in [3.05, 3.63) is 30.2 Å². The lowest BCUT2D eigenvalue weighted by atomic mass is 9.78. The predicted molar refractivity (Wildman–Crippen MR) is 73.2 cm³/mol. The lowest BCUT2D eigenvalue weighted by Gasteiger charge is -2.34. The Morgan fingerprint density at radius 1 is 1.53 bits per heavy atom. The second kappa shape index (κ2) is 5.13. The Morgan fingerprint density at radius 2 is 2.37 bits per heavy atom. The van der Waals surface area contributed by atoms with E-state index in [2.05, 4.69) is 9.97 Å². The molecule has 1 N–H and O–H groups in total. The van der Waals surface area contributed by atoms with Crippen molar-refractivity contribution >= 4 is 16.7 Å². The average Bonchev–Trinajstić information content (AvgIpc) is 2.80. The maximum atomic E-state index is 12.3. The van der Waals surface area contributed by atoms with E-state index in [4.69, 9.17) is 4.74 Å². The predicted octanol–water partition coefficient (Wildman–Crippen LogP) is 2.95. The molecule has 1 fully saturated rings. The van der Waals surface area contributed by atoms with Gasteiger partial charge in [-0.2, -0.15) is 0 Å². The Balaban J connectivity index is 1.65. The monoisotopic (exact) mass is 258 g/mol. The van der Waals surface area contributed by atoms with Crippen molar-refractivity contribution < 1.29 is 9.53 Å². The molecule has 0 atom stereocenters. The van der Waals surface area contributed by atoms with Gasteiger partial charge in [0.25, 0.3) is 0 Å². The molecule has 4 nitrogen and oxygen atoms in total. The summed E-state index contributed by atoms with van der Waals surface area (Å²) in [5.74, 6) is 0.685. The van der Waals surface area contributed by atoms with Crippen LogP contribution < -0.4 is 0 Å². The zero-order chi connectivity index (χ0) is 13.2. The second-order valence-corrected chi connectivity index (χ2v) is 5.17. The highest BCUT2D eigenvalue weighted by Crippen LogP contribution is 2.34. The molecule has 2 aromatic heterocycles. The standard InChI is InChI=1S/C15H18N2O2/c1-2-19-11-5-10(6-11)7-15(18)13-9-17-14-3-4-16-8-12(13)14/h3-4,8-11,17H,2,5-7H2,1H3. The van der Waals surface area contributed by atoms with E-state index in [1.165, 1.54) is 0 Å². The number of rotatable bonds is 5. The molecule has 2 heterocycles. The molecule has 100 valence electrons. The van der Waals surface area contributed by atoms with E-state index in [0.29, 0.717) is 18.4 Å². The van der Waals surface area contributed by atoms with Crippen LogP contribution in [0.25, 0.3) is 10.9 Å². The third-order valence-corrected chi connectivity index (χ3v) is 3.85. The van der Waals surface area contributed by atoms with Gasteiger partial charge < -0.3 is 9.72 Å². The summed E-state index contributed by atoms with van der Waals surface area (Å²) >= 11 is 0. The van der Waals surface area contributed by atoms with E-state index < -0.39 is 0 Å². The van der Waals surface area contributed by atoms with Crippen molar-refractivity contribution in [3.63, 3.8) is 0 Å². The molecule has 0 bridgehead atoms. The number of hydrogen-bond donors (Lipinski definition) is 1. The molecule has 4 heteroatoms. The zero-order valence-corrected chi connectivity index (χ0v) is 11.1. The van der Waals surface area contributed by atoms with Crippen LogP contribution in [0.15, 0.2) is 24.7 Å². The van der Waals surface area contributed by atoms with Crippen LogP contribution in [0.5, 0.6) is 0 Å². The Hall–Kier alpha value is -1.68. The van der Waals surface area contributed by atoms with E-state index in [0.717, 1.165) is 35.9 Å². The molecule has 3 rings (SSSR count). The van der Waals surface area contributed by atoms with Crippen LogP contribution in [0, 0.1) is 5.92 Å². The summed E-state index contributed by atoms with van der Waals surface area (Å²) in [6, 6.07) is 1.89. The number of ketones is 1. The van der Waals surface area contributed by atoms with Gasteiger partial charge >= 0.3 is 0 Å². The number of ether oxygens (including phenoxy) is 1. The second-order valence-electron chi connectivity index (χ2n) is 5.17. The van der Waals surface area contributed by atoms with Gasteiger partial charge in [0.2, 0.25) is 0 Å². The van der Waals surface area contributed by atoms with E-state index in [-0.39, 0.29) is 5.78 Å². The first-order valence-electron chi connectivity index (χ1n) is 6.83. The molecule has 0 unspecified atom stereocenters. The van der Waals surface area contributed by atoms with Crippen molar-refractivity contribution in [2.75, 3.05) is 6.61 Å². The first-order valence-corrected chi connectivity index (χ1v) is 6.83. The number of Topliss-reactive ketones (excluding diaryl/α,β-unsaturated/α-hetero) is 1. The minimum Gasteiger partial charge on any atom is -0.378 e. The molecule has 0 aliphatic heterocycles. The maximum Gasteiger partial charge on any atom is 0.165 e. The largest absolute Gasteiger partial charge is 0.378 e. The van der Waals surface area contributed by atoms with E-state index in [1.54, 1.807) is 18.6 Å². The normalized spacial score (nSPS) is 22.4. The number of carbonyl (C=O) groups is 1. The molecule has 0 amide bonds. The van der Waals surface area contributed by atoms with Crippen LogP contribution in [0.2, 0.25) is 0 Å². The minimum atomic E-state index is 0.208. The number of H-pyrrole nitrogens is 1. The van der Waals surface area contributed by atoms with Crippen LogP contribution >= 0.6 is 0 Å². The average molecular weight is 258 g/mol. The highest BCUT2D eigenvalue weighted by molar-refractivity contribution is 6.07. The lowest BCUT2D eigenvalue weighted by molar-refractivity contribution is -0.0245.